The minimum atomic E-state index is -1.94. The van der Waals surface area contributed by atoms with Crippen LogP contribution in [0.1, 0.15) is 118 Å². The number of hydrogen-bond donors (Lipinski definition) is 5. The van der Waals surface area contributed by atoms with E-state index in [1.807, 2.05) is 18.7 Å². The number of hydrogen-bond acceptors (Lipinski definition) is 7. The van der Waals surface area contributed by atoms with Gasteiger partial charge >= 0.3 is 12.0 Å². The Morgan fingerprint density at radius 1 is 0.816 bits per heavy atom. The largest absolute Gasteiger partial charge is 0.480 e. The Bertz CT molecular complexity index is 670. The van der Waals surface area contributed by atoms with Crippen molar-refractivity contribution >= 4 is 23.6 Å². The normalized spacial score (nSPS) is 13.5. The summed E-state index contributed by atoms with van der Waals surface area (Å²) in [7, 11) is 0. The summed E-state index contributed by atoms with van der Waals surface area (Å²) in [6, 6.07) is -1.55. The van der Waals surface area contributed by atoms with Gasteiger partial charge in [-0.1, -0.05) is 98.3 Å². The first kappa shape index (κ1) is 38.1. The number of urea groups is 1. The molecule has 2 unspecified atom stereocenters. The first-order chi connectivity index (χ1) is 17.9. The lowest BCUT2D eigenvalue weighted by Crippen LogP contribution is -2.63. The van der Waals surface area contributed by atoms with Gasteiger partial charge in [-0.05, 0) is 31.8 Å². The van der Waals surface area contributed by atoms with Gasteiger partial charge in [-0.2, -0.15) is 0 Å². The molecule has 0 radical (unpaired) electrons. The summed E-state index contributed by atoms with van der Waals surface area (Å²) < 4.78 is 0. The molecule has 0 spiro atoms. The van der Waals surface area contributed by atoms with Gasteiger partial charge in [0, 0.05) is 6.42 Å². The summed E-state index contributed by atoms with van der Waals surface area (Å²) in [5, 5.41) is 9.62. The third-order valence-corrected chi connectivity index (χ3v) is 6.77. The number of Topliss-reactive ketones (excluding diaryl/α,β-unsaturated/α-hetero) is 2. The molecule has 0 bridgehead atoms. The minimum Gasteiger partial charge on any atom is -0.480 e. The molecule has 0 aromatic carbocycles. The fraction of sp³-hybridized carbons (Fsp3) is 0.857. The molecule has 2 atom stereocenters. The highest BCUT2D eigenvalue weighted by Crippen LogP contribution is 2.22. The van der Waals surface area contributed by atoms with Crippen LogP contribution in [0.25, 0.3) is 0 Å². The van der Waals surface area contributed by atoms with E-state index >= 15 is 0 Å². The second-order valence-corrected chi connectivity index (χ2v) is 10.5. The summed E-state index contributed by atoms with van der Waals surface area (Å²) in [5.41, 5.74) is 18.1. The van der Waals surface area contributed by atoms with Gasteiger partial charge in [-0.25, -0.2) is 9.59 Å². The maximum absolute atomic E-state index is 13.3. The zero-order valence-corrected chi connectivity index (χ0v) is 24.5. The fourth-order valence-corrected chi connectivity index (χ4v) is 4.52. The molecule has 0 aromatic heterocycles. The van der Waals surface area contributed by atoms with Crippen LogP contribution in [-0.4, -0.2) is 64.8 Å². The standard InChI is InChI=1S/C27H53N3O4.CH4N2O/c1-5-7-8-9-10-11-12-13-14-15-16-17-20-30(21-23(31)18-19-28)24(22(3)4)25(32)27(29,6-2)26(33)34;2-1(3)4/h22,24H,5-21,28-29H2,1-4H3,(H,33,34);(H4,2,3,4). The van der Waals surface area contributed by atoms with Crippen LogP contribution in [0.3, 0.4) is 0 Å². The van der Waals surface area contributed by atoms with E-state index in [1.165, 1.54) is 57.8 Å². The molecule has 2 amide bonds. The van der Waals surface area contributed by atoms with E-state index in [4.69, 9.17) is 16.3 Å². The van der Waals surface area contributed by atoms with Crippen molar-refractivity contribution in [2.45, 2.75) is 129 Å². The number of carboxylic acids is 1. The average molecular weight is 544 g/mol. The van der Waals surface area contributed by atoms with E-state index in [0.29, 0.717) is 6.54 Å². The van der Waals surface area contributed by atoms with E-state index in [2.05, 4.69) is 18.4 Å². The quantitative estimate of drug-likeness (QED) is 0.0949. The lowest BCUT2D eigenvalue weighted by molar-refractivity contribution is -0.151. The van der Waals surface area contributed by atoms with Crippen LogP contribution >= 0.6 is 0 Å². The van der Waals surface area contributed by atoms with E-state index in [-0.39, 0.29) is 37.6 Å². The molecule has 0 saturated carbocycles. The molecule has 38 heavy (non-hydrogen) atoms. The SMILES string of the molecule is CCCCCCCCCCCCCCN(CC(=O)CCN)C(C(=O)C(N)(CC)C(=O)O)C(C)C.NC(N)=O. The first-order valence-corrected chi connectivity index (χ1v) is 14.5. The Hall–Kier alpha value is -2.04. The number of carbonyl (C=O) groups is 4. The molecule has 0 saturated heterocycles. The van der Waals surface area contributed by atoms with Crippen molar-refractivity contribution in [3.8, 4) is 0 Å². The average Bonchev–Trinajstić information content (AvgIpc) is 2.83. The van der Waals surface area contributed by atoms with Crippen molar-refractivity contribution in [3.05, 3.63) is 0 Å². The Morgan fingerprint density at radius 3 is 1.58 bits per heavy atom. The van der Waals surface area contributed by atoms with Crippen molar-refractivity contribution < 1.29 is 24.3 Å². The predicted molar refractivity (Wildman–Crippen MR) is 154 cm³/mol. The first-order valence-electron chi connectivity index (χ1n) is 14.5. The number of nitrogens with two attached hydrogens (primary N) is 4. The molecule has 10 heteroatoms. The van der Waals surface area contributed by atoms with Gasteiger partial charge in [0.2, 0.25) is 0 Å². The maximum atomic E-state index is 13.3. The van der Waals surface area contributed by atoms with Crippen molar-refractivity contribution in [2.24, 2.45) is 28.9 Å². The van der Waals surface area contributed by atoms with Gasteiger partial charge in [0.05, 0.1) is 12.6 Å². The molecule has 10 nitrogen and oxygen atoms in total. The van der Waals surface area contributed by atoms with E-state index in [9.17, 15) is 19.5 Å². The molecule has 9 N–H and O–H groups in total. The van der Waals surface area contributed by atoms with Crippen LogP contribution in [0.15, 0.2) is 0 Å². The smallest absolute Gasteiger partial charge is 0.331 e. The number of carboxylic acid groups (broad SMARTS) is 1. The number of unbranched alkanes of at least 4 members (excludes halogenated alkanes) is 11. The van der Waals surface area contributed by atoms with Crippen molar-refractivity contribution in [1.82, 2.24) is 4.90 Å². The highest BCUT2D eigenvalue weighted by molar-refractivity contribution is 6.10. The van der Waals surface area contributed by atoms with Crippen LogP contribution in [0.4, 0.5) is 4.79 Å². The molecule has 0 aliphatic rings. The zero-order valence-electron chi connectivity index (χ0n) is 24.5. The van der Waals surface area contributed by atoms with Gasteiger partial charge in [-0.3, -0.25) is 14.5 Å². The maximum Gasteiger partial charge on any atom is 0.331 e. The van der Waals surface area contributed by atoms with Crippen LogP contribution in [0, 0.1) is 5.92 Å². The number of rotatable bonds is 23. The minimum absolute atomic E-state index is 0.00752. The summed E-state index contributed by atoms with van der Waals surface area (Å²) in [4.78, 5) is 48.3. The summed E-state index contributed by atoms with van der Waals surface area (Å²) in [5.74, 6) is -2.03. The molecule has 0 aromatic rings. The fourth-order valence-electron chi connectivity index (χ4n) is 4.52. The van der Waals surface area contributed by atoms with Gasteiger partial charge < -0.3 is 28.0 Å². The topological polar surface area (TPSA) is 196 Å². The number of ketones is 2. The van der Waals surface area contributed by atoms with Crippen LogP contribution < -0.4 is 22.9 Å². The third kappa shape index (κ3) is 17.5. The monoisotopic (exact) mass is 543 g/mol. The Balaban J connectivity index is 0. The van der Waals surface area contributed by atoms with Gasteiger partial charge in [0.1, 0.15) is 5.78 Å². The number of nitrogens with zero attached hydrogens (tertiary/aromatic N) is 1. The summed E-state index contributed by atoms with van der Waals surface area (Å²) in [6.07, 6.45) is 15.0. The molecule has 0 heterocycles. The van der Waals surface area contributed by atoms with Gasteiger partial charge in [0.25, 0.3) is 0 Å². The summed E-state index contributed by atoms with van der Waals surface area (Å²) in [6.45, 7) is 8.54. The Kier molecular flexibility index (Phi) is 23.0. The number of primary amides is 2. The third-order valence-electron chi connectivity index (χ3n) is 6.77. The van der Waals surface area contributed by atoms with Crippen molar-refractivity contribution in [2.75, 3.05) is 19.6 Å². The van der Waals surface area contributed by atoms with E-state index < -0.39 is 29.4 Å². The van der Waals surface area contributed by atoms with E-state index in [0.717, 1.165) is 19.3 Å². The molecule has 0 aliphatic carbocycles. The zero-order chi connectivity index (χ0) is 29.6. The highest BCUT2D eigenvalue weighted by Gasteiger charge is 2.46. The molecule has 0 aliphatic heterocycles. The molecular formula is C28H57N5O5. The van der Waals surface area contributed by atoms with Crippen molar-refractivity contribution in [3.63, 3.8) is 0 Å². The molecular weight excluding hydrogens is 486 g/mol. The number of aliphatic carboxylic acids is 1. The highest BCUT2D eigenvalue weighted by atomic mass is 16.4. The lowest BCUT2D eigenvalue weighted by atomic mass is 9.82. The second kappa shape index (κ2) is 22.9. The Labute approximate surface area is 230 Å². The Morgan fingerprint density at radius 2 is 1.24 bits per heavy atom. The van der Waals surface area contributed by atoms with E-state index in [1.54, 1.807) is 6.92 Å². The van der Waals surface area contributed by atoms with Crippen molar-refractivity contribution in [1.29, 1.82) is 0 Å². The number of carbonyl (C=O) groups excluding carboxylic acids is 3. The van der Waals surface area contributed by atoms with Gasteiger partial charge in [0.15, 0.2) is 11.3 Å². The van der Waals surface area contributed by atoms with Gasteiger partial charge in [-0.15, -0.1) is 0 Å². The summed E-state index contributed by atoms with van der Waals surface area (Å²) >= 11 is 0. The molecule has 0 fully saturated rings. The lowest BCUT2D eigenvalue weighted by Gasteiger charge is -2.37. The van der Waals surface area contributed by atoms with Crippen LogP contribution in [0.2, 0.25) is 0 Å². The second-order valence-electron chi connectivity index (χ2n) is 10.5. The van der Waals surface area contributed by atoms with Crippen LogP contribution in [0.5, 0.6) is 0 Å². The number of amides is 2. The predicted octanol–water partition coefficient (Wildman–Crippen LogP) is 3.72. The molecule has 0 rings (SSSR count). The van der Waals surface area contributed by atoms with Crippen LogP contribution in [-0.2, 0) is 14.4 Å². The molecule has 224 valence electrons.